The average molecular weight is 289 g/mol. The van der Waals surface area contributed by atoms with E-state index in [0.29, 0.717) is 6.04 Å². The zero-order valence-electron chi connectivity index (χ0n) is 13.3. The highest BCUT2D eigenvalue weighted by Crippen LogP contribution is 2.22. The first-order valence-corrected chi connectivity index (χ1v) is 8.18. The summed E-state index contributed by atoms with van der Waals surface area (Å²) in [5, 5.41) is 3.57. The van der Waals surface area contributed by atoms with E-state index in [1.807, 2.05) is 13.0 Å². The van der Waals surface area contributed by atoms with Crippen molar-refractivity contribution in [2.45, 2.75) is 44.7 Å². The van der Waals surface area contributed by atoms with Crippen molar-refractivity contribution < 1.29 is 0 Å². The predicted octanol–water partition coefficient (Wildman–Crippen LogP) is 1.76. The minimum Gasteiger partial charge on any atom is -0.367 e. The summed E-state index contributed by atoms with van der Waals surface area (Å²) < 4.78 is 0. The van der Waals surface area contributed by atoms with E-state index in [0.717, 1.165) is 17.6 Å². The van der Waals surface area contributed by atoms with E-state index < -0.39 is 0 Å². The number of rotatable bonds is 3. The van der Waals surface area contributed by atoms with Crippen molar-refractivity contribution in [1.82, 2.24) is 19.8 Å². The van der Waals surface area contributed by atoms with Crippen LogP contribution < -0.4 is 5.32 Å². The molecule has 21 heavy (non-hydrogen) atoms. The van der Waals surface area contributed by atoms with Crippen molar-refractivity contribution >= 4 is 5.82 Å². The number of nitrogens with zero attached hydrogens (tertiary/aromatic N) is 4. The average Bonchev–Trinajstić information content (AvgIpc) is 2.49. The van der Waals surface area contributed by atoms with Gasteiger partial charge in [-0.2, -0.15) is 0 Å². The van der Waals surface area contributed by atoms with Crippen molar-refractivity contribution in [2.24, 2.45) is 0 Å². The summed E-state index contributed by atoms with van der Waals surface area (Å²) in [6.07, 6.45) is 6.75. The maximum absolute atomic E-state index is 4.31. The fraction of sp³-hybridized carbons (Fsp3) is 0.750. The molecule has 0 atom stereocenters. The molecule has 0 amide bonds. The van der Waals surface area contributed by atoms with Gasteiger partial charge in [0.15, 0.2) is 0 Å². The molecule has 3 heterocycles. The number of aryl methyl sites for hydroxylation is 1. The van der Waals surface area contributed by atoms with E-state index in [1.54, 1.807) is 6.33 Å². The summed E-state index contributed by atoms with van der Waals surface area (Å²) in [6.45, 7) is 6.95. The first-order valence-electron chi connectivity index (χ1n) is 8.18. The van der Waals surface area contributed by atoms with Gasteiger partial charge < -0.3 is 15.1 Å². The second-order valence-electron chi connectivity index (χ2n) is 6.53. The highest BCUT2D eigenvalue weighted by atomic mass is 15.2. The molecule has 2 saturated heterocycles. The minimum absolute atomic E-state index is 0.557. The number of nitrogens with one attached hydrogen (secondary N) is 1. The van der Waals surface area contributed by atoms with Crippen LogP contribution in [0.3, 0.4) is 0 Å². The van der Waals surface area contributed by atoms with E-state index in [4.69, 9.17) is 0 Å². The number of anilines is 1. The van der Waals surface area contributed by atoms with E-state index >= 15 is 0 Å². The fourth-order valence-corrected chi connectivity index (χ4v) is 3.51. The van der Waals surface area contributed by atoms with Crippen molar-refractivity contribution in [3.05, 3.63) is 18.1 Å². The van der Waals surface area contributed by atoms with Crippen LogP contribution in [-0.4, -0.2) is 65.1 Å². The van der Waals surface area contributed by atoms with Gasteiger partial charge in [0.05, 0.1) is 0 Å². The Kier molecular flexibility index (Phi) is 4.70. The largest absolute Gasteiger partial charge is 0.367 e. The Morgan fingerprint density at radius 3 is 2.43 bits per heavy atom. The van der Waals surface area contributed by atoms with Crippen LogP contribution in [0.2, 0.25) is 0 Å². The van der Waals surface area contributed by atoms with Gasteiger partial charge in [0.25, 0.3) is 0 Å². The molecule has 3 rings (SSSR count). The molecule has 2 aliphatic heterocycles. The molecule has 1 N–H and O–H groups in total. The number of hydrogen-bond donors (Lipinski definition) is 1. The second-order valence-corrected chi connectivity index (χ2v) is 6.53. The van der Waals surface area contributed by atoms with Crippen molar-refractivity contribution in [3.8, 4) is 0 Å². The Bertz CT molecular complexity index is 448. The lowest BCUT2D eigenvalue weighted by Crippen LogP contribution is -2.48. The van der Waals surface area contributed by atoms with Gasteiger partial charge in [0.1, 0.15) is 12.1 Å². The smallest absolute Gasteiger partial charge is 0.129 e. The molecule has 1 aromatic heterocycles. The molecule has 0 bridgehead atoms. The fourth-order valence-electron chi connectivity index (χ4n) is 3.51. The third kappa shape index (κ3) is 3.92. The van der Waals surface area contributed by atoms with E-state index in [-0.39, 0.29) is 0 Å². The molecule has 0 aliphatic carbocycles. The number of piperidine rings is 2. The number of likely N-dealkylation sites (tertiary alicyclic amines) is 2. The number of aromatic nitrogens is 2. The Morgan fingerprint density at radius 2 is 1.76 bits per heavy atom. The van der Waals surface area contributed by atoms with Crippen LogP contribution >= 0.6 is 0 Å². The third-order valence-electron chi connectivity index (χ3n) is 4.89. The van der Waals surface area contributed by atoms with Crippen LogP contribution in [0.1, 0.15) is 31.4 Å². The van der Waals surface area contributed by atoms with Gasteiger partial charge in [-0.15, -0.1) is 0 Å². The molecule has 2 aliphatic rings. The van der Waals surface area contributed by atoms with Crippen molar-refractivity contribution in [3.63, 3.8) is 0 Å². The monoisotopic (exact) mass is 289 g/mol. The molecule has 0 unspecified atom stereocenters. The van der Waals surface area contributed by atoms with Crippen LogP contribution in [0.5, 0.6) is 0 Å². The number of hydrogen-bond acceptors (Lipinski definition) is 5. The van der Waals surface area contributed by atoms with Crippen LogP contribution in [0.15, 0.2) is 12.4 Å². The maximum atomic E-state index is 4.31. The minimum atomic E-state index is 0.557. The van der Waals surface area contributed by atoms with Crippen molar-refractivity contribution in [2.75, 3.05) is 38.5 Å². The molecule has 1 aromatic rings. The van der Waals surface area contributed by atoms with Gasteiger partial charge in [-0.25, -0.2) is 9.97 Å². The summed E-state index contributed by atoms with van der Waals surface area (Å²) in [5.74, 6) is 0.972. The second kappa shape index (κ2) is 6.71. The summed E-state index contributed by atoms with van der Waals surface area (Å²) >= 11 is 0. The van der Waals surface area contributed by atoms with Crippen LogP contribution in [0.4, 0.5) is 5.82 Å². The Morgan fingerprint density at radius 1 is 1.05 bits per heavy atom. The first kappa shape index (κ1) is 14.7. The molecule has 2 fully saturated rings. The standard InChI is InChI=1S/C16H27N5/c1-13-11-16(18-12-17-13)19-14-3-9-21(10-4-14)15-5-7-20(2)8-6-15/h11-12,14-15H,3-10H2,1-2H3,(H,17,18,19). The van der Waals surface area contributed by atoms with Crippen LogP contribution in [0.25, 0.3) is 0 Å². The SMILES string of the molecule is Cc1cc(NC2CCN(C3CCN(C)CC3)CC2)ncn1. The molecular weight excluding hydrogens is 262 g/mol. The molecule has 0 aromatic carbocycles. The Balaban J connectivity index is 1.47. The van der Waals surface area contributed by atoms with Gasteiger partial charge in [-0.05, 0) is 52.7 Å². The van der Waals surface area contributed by atoms with Crippen LogP contribution in [0, 0.1) is 6.92 Å². The molecule has 116 valence electrons. The van der Waals surface area contributed by atoms with Gasteiger partial charge in [-0.3, -0.25) is 0 Å². The van der Waals surface area contributed by atoms with E-state index in [9.17, 15) is 0 Å². The quantitative estimate of drug-likeness (QED) is 0.918. The highest BCUT2D eigenvalue weighted by Gasteiger charge is 2.27. The zero-order valence-corrected chi connectivity index (χ0v) is 13.3. The van der Waals surface area contributed by atoms with Crippen LogP contribution in [-0.2, 0) is 0 Å². The topological polar surface area (TPSA) is 44.3 Å². The van der Waals surface area contributed by atoms with Gasteiger partial charge in [0.2, 0.25) is 0 Å². The Hall–Kier alpha value is -1.20. The molecule has 5 heteroatoms. The van der Waals surface area contributed by atoms with E-state index in [2.05, 4.69) is 32.1 Å². The maximum Gasteiger partial charge on any atom is 0.129 e. The Labute approximate surface area is 127 Å². The molecule has 0 spiro atoms. The molecule has 0 radical (unpaired) electrons. The summed E-state index contributed by atoms with van der Waals surface area (Å²) in [5.41, 5.74) is 1.02. The lowest BCUT2D eigenvalue weighted by molar-refractivity contribution is 0.0993. The molecule has 0 saturated carbocycles. The van der Waals surface area contributed by atoms with Gasteiger partial charge in [0, 0.05) is 36.9 Å². The normalized spacial score (nSPS) is 23.3. The summed E-state index contributed by atoms with van der Waals surface area (Å²) in [6, 6.07) is 3.40. The predicted molar refractivity (Wildman–Crippen MR) is 85.5 cm³/mol. The zero-order chi connectivity index (χ0) is 14.7. The van der Waals surface area contributed by atoms with E-state index in [1.165, 1.54) is 51.9 Å². The molecular formula is C16H27N5. The summed E-state index contributed by atoms with van der Waals surface area (Å²) in [4.78, 5) is 13.6. The van der Waals surface area contributed by atoms with Gasteiger partial charge >= 0.3 is 0 Å². The molecule has 5 nitrogen and oxygen atoms in total. The highest BCUT2D eigenvalue weighted by molar-refractivity contribution is 5.35. The lowest BCUT2D eigenvalue weighted by Gasteiger charge is -2.41. The third-order valence-corrected chi connectivity index (χ3v) is 4.89. The summed E-state index contributed by atoms with van der Waals surface area (Å²) in [7, 11) is 2.23. The first-order chi connectivity index (χ1) is 10.2. The lowest BCUT2D eigenvalue weighted by atomic mass is 9.98. The van der Waals surface area contributed by atoms with Gasteiger partial charge in [-0.1, -0.05) is 0 Å². The van der Waals surface area contributed by atoms with Crippen molar-refractivity contribution in [1.29, 1.82) is 0 Å².